The average molecular weight is 465 g/mol. The third-order valence-corrected chi connectivity index (χ3v) is 20.1. The van der Waals surface area contributed by atoms with E-state index in [2.05, 4.69) is 26.6 Å². The van der Waals surface area contributed by atoms with Crippen LogP contribution in [0.15, 0.2) is 0 Å². The van der Waals surface area contributed by atoms with E-state index in [1.54, 1.807) is 0 Å². The van der Waals surface area contributed by atoms with Gasteiger partial charge in [-0.1, -0.05) is 103 Å². The Morgan fingerprint density at radius 3 is 1.50 bits per heavy atom. The molecule has 0 aliphatic rings. The fraction of sp³-hybridized carbons (Fsp3) is 1.00. The van der Waals surface area contributed by atoms with Crippen LogP contribution in [-0.2, 0) is 12.7 Å². The maximum atomic E-state index is 6.04. The summed E-state index contributed by atoms with van der Waals surface area (Å²) < 4.78 is 17.7. The highest BCUT2D eigenvalue weighted by Crippen LogP contribution is 2.13. The second kappa shape index (κ2) is 21.0. The molecule has 1 atom stereocenters. The summed E-state index contributed by atoms with van der Waals surface area (Å²) in [4.78, 5) is 0. The summed E-state index contributed by atoms with van der Waals surface area (Å²) in [5, 5.41) is 0. The van der Waals surface area contributed by atoms with Gasteiger partial charge in [-0.05, 0) is 26.1 Å². The first-order valence-electron chi connectivity index (χ1n) is 12.3. The lowest BCUT2D eigenvalue weighted by atomic mass is 10.0. The van der Waals surface area contributed by atoms with Crippen molar-refractivity contribution in [3.05, 3.63) is 0 Å². The Morgan fingerprint density at radius 2 is 1.11 bits per heavy atom. The lowest BCUT2D eigenvalue weighted by molar-refractivity contribution is 0.265. The smallest absolute Gasteiger partial charge is 0.307 e. The van der Waals surface area contributed by atoms with Gasteiger partial charge in [-0.2, -0.15) is 0 Å². The lowest BCUT2D eigenvalue weighted by Gasteiger charge is -2.22. The second-order valence-corrected chi connectivity index (χ2v) is 23.2. The number of hydrogen-bond acceptors (Lipinski definition) is 3. The molecule has 0 aromatic heterocycles. The van der Waals surface area contributed by atoms with E-state index in [-0.39, 0.29) is 0 Å². The van der Waals surface area contributed by atoms with Crippen LogP contribution in [0.25, 0.3) is 0 Å². The van der Waals surface area contributed by atoms with Gasteiger partial charge in [0.25, 0.3) is 0 Å². The van der Waals surface area contributed by atoms with Gasteiger partial charge in [0.05, 0.1) is 0 Å². The van der Waals surface area contributed by atoms with Gasteiger partial charge in [-0.15, -0.1) is 0 Å². The van der Waals surface area contributed by atoms with E-state index < -0.39 is 26.4 Å². The molecule has 0 fully saturated rings. The second-order valence-electron chi connectivity index (χ2n) is 9.02. The standard InChI is InChI=1S/C21H52O3Si4/c1-5-6-7-8-9-10-11-12-13-14-15-16-17-18-19-20-21-22-27(2)24-26-28(3,4)23-25/h27H,5-21,26H2,1-4,25H3. The van der Waals surface area contributed by atoms with Crippen LogP contribution in [0.1, 0.15) is 110 Å². The van der Waals surface area contributed by atoms with Gasteiger partial charge in [0, 0.05) is 6.61 Å². The molecule has 0 aromatic rings. The maximum Gasteiger partial charge on any atom is 0.307 e. The molecule has 0 aliphatic heterocycles. The summed E-state index contributed by atoms with van der Waals surface area (Å²) in [5.74, 6) is 0. The van der Waals surface area contributed by atoms with E-state index in [9.17, 15) is 0 Å². The molecule has 0 aliphatic carbocycles. The van der Waals surface area contributed by atoms with Gasteiger partial charge >= 0.3 is 9.28 Å². The maximum absolute atomic E-state index is 6.04. The molecule has 0 aromatic carbocycles. The zero-order valence-electron chi connectivity index (χ0n) is 20.0. The highest BCUT2D eigenvalue weighted by atomic mass is 29.2. The summed E-state index contributed by atoms with van der Waals surface area (Å²) in [6, 6.07) is 0. The molecule has 0 heterocycles. The van der Waals surface area contributed by atoms with Crippen LogP contribution in [0, 0.1) is 0 Å². The molecule has 0 rings (SSSR count). The molecule has 7 heteroatoms. The van der Waals surface area contributed by atoms with E-state index >= 15 is 0 Å². The summed E-state index contributed by atoms with van der Waals surface area (Å²) in [6.07, 6.45) is 22.7. The molecule has 170 valence electrons. The predicted molar refractivity (Wildman–Crippen MR) is 137 cm³/mol. The van der Waals surface area contributed by atoms with Crippen molar-refractivity contribution in [2.75, 3.05) is 6.61 Å². The minimum Gasteiger partial charge on any atom is -0.464 e. The number of rotatable bonds is 22. The normalized spacial score (nSPS) is 13.7. The summed E-state index contributed by atoms with van der Waals surface area (Å²) in [5.41, 5.74) is 0. The van der Waals surface area contributed by atoms with Crippen molar-refractivity contribution in [3.8, 4) is 0 Å². The Hall–Kier alpha value is 0.748. The van der Waals surface area contributed by atoms with Gasteiger partial charge in [0.15, 0.2) is 17.1 Å². The Bertz CT molecular complexity index is 320. The fourth-order valence-corrected chi connectivity index (χ4v) is 14.0. The molecule has 0 saturated heterocycles. The molecule has 0 amide bonds. The van der Waals surface area contributed by atoms with Crippen molar-refractivity contribution in [2.24, 2.45) is 0 Å². The van der Waals surface area contributed by atoms with Gasteiger partial charge < -0.3 is 12.7 Å². The zero-order chi connectivity index (χ0) is 20.9. The molecule has 28 heavy (non-hydrogen) atoms. The molecule has 0 radical (unpaired) electrons. The monoisotopic (exact) mass is 464 g/mol. The van der Waals surface area contributed by atoms with Gasteiger partial charge in [-0.3, -0.25) is 0 Å². The minimum absolute atomic E-state index is 0.488. The molecule has 0 spiro atoms. The van der Waals surface area contributed by atoms with Crippen LogP contribution < -0.4 is 0 Å². The van der Waals surface area contributed by atoms with E-state index in [4.69, 9.17) is 12.7 Å². The summed E-state index contributed by atoms with van der Waals surface area (Å²) in [7, 11) is -2.41. The average Bonchev–Trinajstić information content (AvgIpc) is 2.69. The van der Waals surface area contributed by atoms with Crippen LogP contribution in [0.2, 0.25) is 19.6 Å². The van der Waals surface area contributed by atoms with Crippen molar-refractivity contribution in [1.82, 2.24) is 0 Å². The highest BCUT2D eigenvalue weighted by Gasteiger charge is 2.22. The quantitative estimate of drug-likeness (QED) is 0.162. The van der Waals surface area contributed by atoms with E-state index in [1.165, 1.54) is 103 Å². The zero-order valence-corrected chi connectivity index (χ0v) is 25.6. The summed E-state index contributed by atoms with van der Waals surface area (Å²) >= 11 is 0. The first-order chi connectivity index (χ1) is 13.5. The third kappa shape index (κ3) is 21.5. The van der Waals surface area contributed by atoms with E-state index in [0.29, 0.717) is 0 Å². The molecule has 0 bridgehead atoms. The van der Waals surface area contributed by atoms with Crippen LogP contribution in [0.5, 0.6) is 0 Å². The van der Waals surface area contributed by atoms with Crippen molar-refractivity contribution in [2.45, 2.75) is 129 Å². The Labute approximate surface area is 185 Å². The molecule has 3 nitrogen and oxygen atoms in total. The van der Waals surface area contributed by atoms with Crippen molar-refractivity contribution in [1.29, 1.82) is 0 Å². The largest absolute Gasteiger partial charge is 0.464 e. The van der Waals surface area contributed by atoms with Crippen LogP contribution in [0.3, 0.4) is 0 Å². The van der Waals surface area contributed by atoms with Crippen molar-refractivity contribution >= 4 is 36.9 Å². The van der Waals surface area contributed by atoms with Crippen LogP contribution in [0.4, 0.5) is 0 Å². The topological polar surface area (TPSA) is 27.7 Å². The molecular weight excluding hydrogens is 413 g/mol. The SMILES string of the molecule is CCCCCCCCCCCCCCCCCCO[SiH](C)O[SiH2][Si](C)(C)O[SiH3]. The highest BCUT2D eigenvalue weighted by molar-refractivity contribution is 7.19. The van der Waals surface area contributed by atoms with E-state index in [1.807, 2.05) is 0 Å². The van der Waals surface area contributed by atoms with Crippen molar-refractivity contribution in [3.63, 3.8) is 0 Å². The minimum atomic E-state index is -1.40. The molecule has 1 unspecified atom stereocenters. The van der Waals surface area contributed by atoms with Gasteiger partial charge in [-0.25, -0.2) is 0 Å². The molecule has 0 N–H and O–H groups in total. The first-order valence-corrected chi connectivity index (χ1v) is 21.0. The molecule has 0 saturated carbocycles. The fourth-order valence-electron chi connectivity index (χ4n) is 3.32. The van der Waals surface area contributed by atoms with Crippen LogP contribution >= 0.6 is 0 Å². The first kappa shape index (κ1) is 28.7. The van der Waals surface area contributed by atoms with Crippen LogP contribution in [-0.4, -0.2) is 43.5 Å². The van der Waals surface area contributed by atoms with E-state index in [0.717, 1.165) is 17.1 Å². The Kier molecular flexibility index (Phi) is 21.6. The summed E-state index contributed by atoms with van der Waals surface area (Å²) in [6.45, 7) is 9.94. The Morgan fingerprint density at radius 1 is 0.714 bits per heavy atom. The van der Waals surface area contributed by atoms with Crippen molar-refractivity contribution < 1.29 is 12.7 Å². The third-order valence-electron chi connectivity index (χ3n) is 5.57. The lowest BCUT2D eigenvalue weighted by Crippen LogP contribution is -2.42. The van der Waals surface area contributed by atoms with Gasteiger partial charge in [0.2, 0.25) is 0 Å². The number of unbranched alkanes of at least 4 members (excludes halogenated alkanes) is 15. The van der Waals surface area contributed by atoms with Gasteiger partial charge in [0.1, 0.15) is 10.5 Å². The molecular formula is C21H52O3Si4. The predicted octanol–water partition coefficient (Wildman–Crippen LogP) is 5.21. The number of hydrogen-bond donors (Lipinski definition) is 0. The Balaban J connectivity index is 3.17.